The van der Waals surface area contributed by atoms with E-state index in [4.69, 9.17) is 9.47 Å². The minimum Gasteiger partial charge on any atom is -0.486 e. The largest absolute Gasteiger partial charge is 0.486 e. The highest BCUT2D eigenvalue weighted by atomic mass is 16.6. The summed E-state index contributed by atoms with van der Waals surface area (Å²) in [7, 11) is 1.96. The molecule has 3 rings (SSSR count). The van der Waals surface area contributed by atoms with Crippen LogP contribution in [0.1, 0.15) is 23.7 Å². The Morgan fingerprint density at radius 2 is 1.81 bits per heavy atom. The van der Waals surface area contributed by atoms with Gasteiger partial charge in [0.1, 0.15) is 12.7 Å². The van der Waals surface area contributed by atoms with Crippen molar-refractivity contribution in [1.82, 2.24) is 4.90 Å². The zero-order valence-corrected chi connectivity index (χ0v) is 15.6. The first-order valence-electron chi connectivity index (χ1n) is 8.99. The molecule has 2 aromatic rings. The molecule has 0 aromatic heterocycles. The van der Waals surface area contributed by atoms with Gasteiger partial charge in [0.25, 0.3) is 0 Å². The molecular formula is C21H24N2O4. The predicted molar refractivity (Wildman–Crippen MR) is 104 cm³/mol. The number of para-hydroxylation sites is 2. The quantitative estimate of drug-likeness (QED) is 0.761. The Labute approximate surface area is 159 Å². The molecule has 0 radical (unpaired) electrons. The number of likely N-dealkylation sites (N-methyl/N-ethyl adjacent to an activating group) is 1. The van der Waals surface area contributed by atoms with Crippen LogP contribution >= 0.6 is 0 Å². The van der Waals surface area contributed by atoms with Crippen LogP contribution in [0.2, 0.25) is 0 Å². The van der Waals surface area contributed by atoms with Crippen molar-refractivity contribution in [1.29, 1.82) is 0 Å². The number of carbonyl (C=O) groups excluding carboxylic acids is 2. The van der Waals surface area contributed by atoms with E-state index in [9.17, 15) is 9.59 Å². The first-order chi connectivity index (χ1) is 13.0. The Hall–Kier alpha value is -2.86. The molecule has 0 fully saturated rings. The second-order valence-electron chi connectivity index (χ2n) is 6.69. The summed E-state index contributed by atoms with van der Waals surface area (Å²) in [6.07, 6.45) is 0.307. The number of nitrogens with zero attached hydrogens (tertiary/aromatic N) is 1. The topological polar surface area (TPSA) is 67.9 Å². The highest BCUT2D eigenvalue weighted by molar-refractivity contribution is 5.95. The number of carbonyl (C=O) groups is 2. The first-order valence-corrected chi connectivity index (χ1v) is 8.99. The van der Waals surface area contributed by atoms with E-state index in [0.717, 1.165) is 11.5 Å². The van der Waals surface area contributed by atoms with Gasteiger partial charge in [-0.05, 0) is 50.4 Å². The lowest BCUT2D eigenvalue weighted by Crippen LogP contribution is -2.40. The van der Waals surface area contributed by atoms with Crippen LogP contribution in [0.15, 0.2) is 48.5 Å². The summed E-state index contributed by atoms with van der Waals surface area (Å²) in [5.74, 6) is 1.47. The van der Waals surface area contributed by atoms with Crippen LogP contribution in [0, 0.1) is 0 Å². The number of anilines is 1. The normalized spacial score (nSPS) is 15.4. The summed E-state index contributed by atoms with van der Waals surface area (Å²) >= 11 is 0. The van der Waals surface area contributed by atoms with Gasteiger partial charge in [-0.2, -0.15) is 0 Å². The standard InChI is InChI=1S/C21H24N2O4/c1-15(24)16-7-9-17(10-8-16)22-21(25)11-12-23(2)13-18-14-26-19-5-3-4-6-20(19)27-18/h3-10,18H,11-14H2,1-2H3,(H,22,25). The van der Waals surface area contributed by atoms with Gasteiger partial charge in [-0.3, -0.25) is 9.59 Å². The zero-order chi connectivity index (χ0) is 19.2. The van der Waals surface area contributed by atoms with Gasteiger partial charge in [0.05, 0.1) is 0 Å². The predicted octanol–water partition coefficient (Wildman–Crippen LogP) is 2.99. The third kappa shape index (κ3) is 5.31. The van der Waals surface area contributed by atoms with Crippen molar-refractivity contribution in [3.05, 3.63) is 54.1 Å². The Bertz CT molecular complexity index is 804. The van der Waals surface area contributed by atoms with Gasteiger partial charge in [-0.15, -0.1) is 0 Å². The number of ketones is 1. The van der Waals surface area contributed by atoms with Crippen LogP contribution in [0.4, 0.5) is 5.69 Å². The van der Waals surface area contributed by atoms with E-state index in [2.05, 4.69) is 10.2 Å². The molecule has 27 heavy (non-hydrogen) atoms. The minimum absolute atomic E-state index is 0.00559. The maximum atomic E-state index is 12.1. The van der Waals surface area contributed by atoms with Crippen molar-refractivity contribution in [3.63, 3.8) is 0 Å². The van der Waals surface area contributed by atoms with Crippen molar-refractivity contribution in [2.75, 3.05) is 32.1 Å². The average Bonchev–Trinajstić information content (AvgIpc) is 2.67. The number of amides is 1. The molecule has 1 unspecified atom stereocenters. The van der Waals surface area contributed by atoms with Gasteiger partial charge in [0.15, 0.2) is 17.3 Å². The fourth-order valence-corrected chi connectivity index (χ4v) is 2.90. The molecule has 0 spiro atoms. The molecule has 1 heterocycles. The summed E-state index contributed by atoms with van der Waals surface area (Å²) in [5.41, 5.74) is 1.32. The number of rotatable bonds is 7. The molecule has 0 aliphatic carbocycles. The van der Waals surface area contributed by atoms with Crippen LogP contribution in [0.5, 0.6) is 11.5 Å². The summed E-state index contributed by atoms with van der Waals surface area (Å²) in [6.45, 7) is 3.30. The highest BCUT2D eigenvalue weighted by Gasteiger charge is 2.22. The maximum absolute atomic E-state index is 12.1. The second-order valence-corrected chi connectivity index (χ2v) is 6.69. The van der Waals surface area contributed by atoms with Gasteiger partial charge in [-0.25, -0.2) is 0 Å². The van der Waals surface area contributed by atoms with E-state index >= 15 is 0 Å². The summed E-state index contributed by atoms with van der Waals surface area (Å²) < 4.78 is 11.7. The number of fused-ring (bicyclic) bond motifs is 1. The van der Waals surface area contributed by atoms with Crippen molar-refractivity contribution < 1.29 is 19.1 Å². The summed E-state index contributed by atoms with van der Waals surface area (Å²) in [4.78, 5) is 25.5. The Morgan fingerprint density at radius 3 is 2.52 bits per heavy atom. The molecule has 0 saturated heterocycles. The van der Waals surface area contributed by atoms with Crippen molar-refractivity contribution in [2.24, 2.45) is 0 Å². The summed E-state index contributed by atoms with van der Waals surface area (Å²) in [6, 6.07) is 14.5. The van der Waals surface area contributed by atoms with Crippen molar-refractivity contribution in [2.45, 2.75) is 19.4 Å². The fraction of sp³-hybridized carbons (Fsp3) is 0.333. The Kier molecular flexibility index (Phi) is 6.08. The zero-order valence-electron chi connectivity index (χ0n) is 15.6. The number of hydrogen-bond donors (Lipinski definition) is 1. The monoisotopic (exact) mass is 368 g/mol. The van der Waals surface area contributed by atoms with E-state index in [1.807, 2.05) is 31.3 Å². The van der Waals surface area contributed by atoms with E-state index in [0.29, 0.717) is 37.4 Å². The molecule has 1 aliphatic rings. The number of ether oxygens (including phenoxy) is 2. The molecule has 1 atom stereocenters. The van der Waals surface area contributed by atoms with E-state index in [1.165, 1.54) is 6.92 Å². The lowest BCUT2D eigenvalue weighted by Gasteiger charge is -2.29. The Morgan fingerprint density at radius 1 is 1.11 bits per heavy atom. The molecule has 1 amide bonds. The molecular weight excluding hydrogens is 344 g/mol. The highest BCUT2D eigenvalue weighted by Crippen LogP contribution is 2.30. The van der Waals surface area contributed by atoms with Crippen LogP contribution < -0.4 is 14.8 Å². The average molecular weight is 368 g/mol. The summed E-state index contributed by atoms with van der Waals surface area (Å²) in [5, 5.41) is 2.85. The second kappa shape index (κ2) is 8.68. The van der Waals surface area contributed by atoms with Gasteiger partial charge >= 0.3 is 0 Å². The molecule has 142 valence electrons. The molecule has 1 N–H and O–H groups in total. The third-order valence-corrected chi connectivity index (χ3v) is 4.38. The van der Waals surface area contributed by atoms with Crippen LogP contribution in [0.3, 0.4) is 0 Å². The molecule has 6 heteroatoms. The van der Waals surface area contributed by atoms with Crippen molar-refractivity contribution in [3.8, 4) is 11.5 Å². The van der Waals surface area contributed by atoms with E-state index < -0.39 is 0 Å². The third-order valence-electron chi connectivity index (χ3n) is 4.38. The maximum Gasteiger partial charge on any atom is 0.225 e. The van der Waals surface area contributed by atoms with E-state index in [1.54, 1.807) is 24.3 Å². The number of benzene rings is 2. The molecule has 0 saturated carbocycles. The number of hydrogen-bond acceptors (Lipinski definition) is 5. The number of nitrogens with one attached hydrogen (secondary N) is 1. The van der Waals surface area contributed by atoms with Crippen molar-refractivity contribution >= 4 is 17.4 Å². The fourth-order valence-electron chi connectivity index (χ4n) is 2.90. The van der Waals surface area contributed by atoms with Crippen LogP contribution in [0.25, 0.3) is 0 Å². The Balaban J connectivity index is 1.42. The van der Waals surface area contributed by atoms with Gasteiger partial charge < -0.3 is 19.7 Å². The van der Waals surface area contributed by atoms with Gasteiger partial charge in [-0.1, -0.05) is 12.1 Å². The lowest BCUT2D eigenvalue weighted by molar-refractivity contribution is -0.116. The molecule has 0 bridgehead atoms. The molecule has 1 aliphatic heterocycles. The minimum atomic E-state index is -0.0661. The molecule has 2 aromatic carbocycles. The van der Waals surface area contributed by atoms with Crippen LogP contribution in [-0.2, 0) is 4.79 Å². The van der Waals surface area contributed by atoms with Crippen LogP contribution in [-0.4, -0.2) is 49.4 Å². The van der Waals surface area contributed by atoms with Gasteiger partial charge in [0, 0.05) is 30.8 Å². The van der Waals surface area contributed by atoms with Gasteiger partial charge in [0.2, 0.25) is 5.91 Å². The van der Waals surface area contributed by atoms with E-state index in [-0.39, 0.29) is 17.8 Å². The first kappa shape index (κ1) is 18.9. The lowest BCUT2D eigenvalue weighted by atomic mass is 10.1. The molecule has 6 nitrogen and oxygen atoms in total. The number of Topliss-reactive ketones (excluding diaryl/α,β-unsaturated/α-hetero) is 1. The smallest absolute Gasteiger partial charge is 0.225 e. The SMILES string of the molecule is CC(=O)c1ccc(NC(=O)CCN(C)CC2COc3ccccc3O2)cc1.